The van der Waals surface area contributed by atoms with Crippen LogP contribution in [0.15, 0.2) is 24.3 Å². The van der Waals surface area contributed by atoms with Crippen LogP contribution in [-0.4, -0.2) is 25.6 Å². The van der Waals surface area contributed by atoms with Crippen molar-refractivity contribution in [1.82, 2.24) is 5.32 Å². The van der Waals surface area contributed by atoms with Gasteiger partial charge in [0.15, 0.2) is 0 Å². The molecule has 2 fully saturated rings. The minimum atomic E-state index is -0.379. The van der Waals surface area contributed by atoms with Gasteiger partial charge >= 0.3 is 0 Å². The molecule has 0 bridgehead atoms. The number of amides is 1. The molecule has 1 unspecified atom stereocenters. The summed E-state index contributed by atoms with van der Waals surface area (Å²) in [6.45, 7) is 0.599. The molecular weight excluding hydrogens is 312 g/mol. The molecule has 4 nitrogen and oxygen atoms in total. The van der Waals surface area contributed by atoms with Crippen LogP contribution in [0.4, 0.5) is 0 Å². The average Bonchev–Trinajstić information content (AvgIpc) is 3.29. The van der Waals surface area contributed by atoms with Crippen LogP contribution in [0, 0.1) is 5.92 Å². The third-order valence-corrected chi connectivity index (χ3v) is 5.26. The van der Waals surface area contributed by atoms with Crippen molar-refractivity contribution < 1.29 is 9.53 Å². The lowest BCUT2D eigenvalue weighted by atomic mass is 9.78. The third-order valence-electron chi connectivity index (χ3n) is 5.26. The normalized spacial score (nSPS) is 20.4. The second-order valence-corrected chi connectivity index (χ2v) is 6.73. The predicted octanol–water partition coefficient (Wildman–Crippen LogP) is 2.78. The Kier molecular flexibility index (Phi) is 5.93. The Morgan fingerprint density at radius 3 is 2.43 bits per heavy atom. The first kappa shape index (κ1) is 18.1. The largest absolute Gasteiger partial charge is 0.497 e. The molecule has 1 aromatic rings. The molecule has 128 valence electrons. The number of methoxy groups -OCH3 is 1. The number of nitrogens with one attached hydrogen (secondary N) is 1. The third kappa shape index (κ3) is 3.81. The summed E-state index contributed by atoms with van der Waals surface area (Å²) >= 11 is 0. The van der Waals surface area contributed by atoms with E-state index in [4.69, 9.17) is 10.5 Å². The van der Waals surface area contributed by atoms with Gasteiger partial charge in [0.2, 0.25) is 5.91 Å². The second-order valence-electron chi connectivity index (χ2n) is 6.73. The molecule has 0 radical (unpaired) electrons. The summed E-state index contributed by atoms with van der Waals surface area (Å²) < 4.78 is 5.22. The maximum atomic E-state index is 12.9. The Labute approximate surface area is 144 Å². The zero-order valence-electron chi connectivity index (χ0n) is 13.7. The molecule has 1 atom stereocenters. The van der Waals surface area contributed by atoms with Crippen molar-refractivity contribution in [2.75, 3.05) is 13.7 Å². The number of rotatable bonds is 6. The second kappa shape index (κ2) is 7.54. The monoisotopic (exact) mass is 338 g/mol. The van der Waals surface area contributed by atoms with E-state index in [1.807, 2.05) is 24.3 Å². The highest BCUT2D eigenvalue weighted by atomic mass is 35.5. The van der Waals surface area contributed by atoms with E-state index < -0.39 is 0 Å². The van der Waals surface area contributed by atoms with Crippen molar-refractivity contribution in [2.24, 2.45) is 11.7 Å². The van der Waals surface area contributed by atoms with Crippen molar-refractivity contribution in [3.8, 4) is 5.75 Å². The van der Waals surface area contributed by atoms with E-state index in [0.717, 1.165) is 37.0 Å². The molecule has 23 heavy (non-hydrogen) atoms. The number of benzene rings is 1. The molecule has 2 saturated carbocycles. The molecule has 2 aliphatic rings. The molecule has 0 spiro atoms. The van der Waals surface area contributed by atoms with Gasteiger partial charge in [0.05, 0.1) is 12.5 Å². The quantitative estimate of drug-likeness (QED) is 0.838. The van der Waals surface area contributed by atoms with Gasteiger partial charge in [-0.15, -0.1) is 12.4 Å². The van der Waals surface area contributed by atoms with Crippen molar-refractivity contribution >= 4 is 18.3 Å². The zero-order valence-corrected chi connectivity index (χ0v) is 14.5. The molecule has 1 aromatic carbocycles. The van der Waals surface area contributed by atoms with E-state index in [9.17, 15) is 4.79 Å². The van der Waals surface area contributed by atoms with Gasteiger partial charge in [0.1, 0.15) is 5.75 Å². The first-order valence-corrected chi connectivity index (χ1v) is 8.34. The number of hydrogen-bond donors (Lipinski definition) is 2. The summed E-state index contributed by atoms with van der Waals surface area (Å²) in [5.41, 5.74) is 6.84. The van der Waals surface area contributed by atoms with Crippen LogP contribution in [0.1, 0.15) is 44.1 Å². The molecule has 0 saturated heterocycles. The number of carbonyl (C=O) groups excluding carboxylic acids is 1. The van der Waals surface area contributed by atoms with E-state index in [1.165, 1.54) is 12.8 Å². The highest BCUT2D eigenvalue weighted by molar-refractivity contribution is 5.88. The van der Waals surface area contributed by atoms with Crippen LogP contribution in [0.5, 0.6) is 5.75 Å². The molecule has 3 N–H and O–H groups in total. The first-order chi connectivity index (χ1) is 10.7. The molecule has 0 aliphatic heterocycles. The summed E-state index contributed by atoms with van der Waals surface area (Å²) in [7, 11) is 1.66. The van der Waals surface area contributed by atoms with Gasteiger partial charge in [0, 0.05) is 12.6 Å². The standard InChI is InChI=1S/C18H26N2O2.ClH/c1-22-15-8-6-14(7-9-15)18(10-2-3-11-18)17(21)20-12-16(19)13-4-5-13;/h6-9,13,16H,2-5,10-12,19H2,1H3,(H,20,21);1H. The Balaban J connectivity index is 0.00000192. The highest BCUT2D eigenvalue weighted by Crippen LogP contribution is 2.42. The smallest absolute Gasteiger partial charge is 0.230 e. The SMILES string of the molecule is COc1ccc(C2(C(=O)NCC(N)C3CC3)CCCC2)cc1.Cl. The van der Waals surface area contributed by atoms with E-state index in [0.29, 0.717) is 12.5 Å². The fraction of sp³-hybridized carbons (Fsp3) is 0.611. The molecule has 1 amide bonds. The Hall–Kier alpha value is -1.26. The molecule has 5 heteroatoms. The van der Waals surface area contributed by atoms with Gasteiger partial charge in [-0.3, -0.25) is 4.79 Å². The Bertz CT molecular complexity index is 522. The van der Waals surface area contributed by atoms with Gasteiger partial charge < -0.3 is 15.8 Å². The van der Waals surface area contributed by atoms with Gasteiger partial charge in [-0.2, -0.15) is 0 Å². The molecule has 2 aliphatic carbocycles. The highest BCUT2D eigenvalue weighted by Gasteiger charge is 2.43. The maximum absolute atomic E-state index is 12.9. The summed E-state index contributed by atoms with van der Waals surface area (Å²) in [5.74, 6) is 1.58. The number of carbonyl (C=O) groups is 1. The summed E-state index contributed by atoms with van der Waals surface area (Å²) in [4.78, 5) is 12.9. The van der Waals surface area contributed by atoms with Crippen LogP contribution < -0.4 is 15.8 Å². The van der Waals surface area contributed by atoms with Gasteiger partial charge in [-0.05, 0) is 49.3 Å². The lowest BCUT2D eigenvalue weighted by molar-refractivity contribution is -0.126. The fourth-order valence-electron chi connectivity index (χ4n) is 3.61. The summed E-state index contributed by atoms with van der Waals surface area (Å²) in [6.07, 6.45) is 6.47. The molecular formula is C18H27ClN2O2. The number of nitrogens with two attached hydrogens (primary N) is 1. The van der Waals surface area contributed by atoms with Crippen molar-refractivity contribution in [3.63, 3.8) is 0 Å². The predicted molar refractivity (Wildman–Crippen MR) is 94.1 cm³/mol. The number of halogens is 1. The van der Waals surface area contributed by atoms with Gasteiger partial charge in [0.25, 0.3) is 0 Å². The lowest BCUT2D eigenvalue weighted by Crippen LogP contribution is -2.47. The summed E-state index contributed by atoms with van der Waals surface area (Å²) in [5, 5.41) is 3.12. The molecule has 0 aromatic heterocycles. The van der Waals surface area contributed by atoms with E-state index in [-0.39, 0.29) is 29.8 Å². The molecule has 3 rings (SSSR count). The van der Waals surface area contributed by atoms with Crippen LogP contribution in [0.2, 0.25) is 0 Å². The molecule has 0 heterocycles. The zero-order chi connectivity index (χ0) is 15.6. The van der Waals surface area contributed by atoms with Crippen molar-refractivity contribution in [3.05, 3.63) is 29.8 Å². The average molecular weight is 339 g/mol. The van der Waals surface area contributed by atoms with Gasteiger partial charge in [-0.1, -0.05) is 25.0 Å². The van der Waals surface area contributed by atoms with Crippen molar-refractivity contribution in [1.29, 1.82) is 0 Å². The fourth-order valence-corrected chi connectivity index (χ4v) is 3.61. The van der Waals surface area contributed by atoms with Crippen LogP contribution in [0.3, 0.4) is 0 Å². The first-order valence-electron chi connectivity index (χ1n) is 8.34. The minimum Gasteiger partial charge on any atom is -0.497 e. The van der Waals surface area contributed by atoms with E-state index in [2.05, 4.69) is 5.32 Å². The Morgan fingerprint density at radius 1 is 1.30 bits per heavy atom. The van der Waals surface area contributed by atoms with Gasteiger partial charge in [-0.25, -0.2) is 0 Å². The minimum absolute atomic E-state index is 0. The lowest BCUT2D eigenvalue weighted by Gasteiger charge is -2.29. The summed E-state index contributed by atoms with van der Waals surface area (Å²) in [6, 6.07) is 8.06. The topological polar surface area (TPSA) is 64.3 Å². The maximum Gasteiger partial charge on any atom is 0.230 e. The van der Waals surface area contributed by atoms with Crippen LogP contribution in [-0.2, 0) is 10.2 Å². The van der Waals surface area contributed by atoms with E-state index in [1.54, 1.807) is 7.11 Å². The van der Waals surface area contributed by atoms with E-state index >= 15 is 0 Å². The number of ether oxygens (including phenoxy) is 1. The van der Waals surface area contributed by atoms with Crippen LogP contribution >= 0.6 is 12.4 Å². The van der Waals surface area contributed by atoms with Crippen LogP contribution in [0.25, 0.3) is 0 Å². The van der Waals surface area contributed by atoms with Crippen molar-refractivity contribution in [2.45, 2.75) is 50.0 Å². The number of hydrogen-bond acceptors (Lipinski definition) is 3. The Morgan fingerprint density at radius 2 is 1.91 bits per heavy atom.